The third kappa shape index (κ3) is 4.99. The molecule has 2 aromatic carbocycles. The molecule has 3 aromatic rings. The Hall–Kier alpha value is -3.91. The van der Waals surface area contributed by atoms with Gasteiger partial charge in [-0.15, -0.1) is 0 Å². The van der Waals surface area contributed by atoms with Crippen LogP contribution in [-0.2, 0) is 11.3 Å². The van der Waals surface area contributed by atoms with E-state index in [1.54, 1.807) is 63.6 Å². The zero-order chi connectivity index (χ0) is 22.5. The monoisotopic (exact) mass is 416 g/mol. The summed E-state index contributed by atoms with van der Waals surface area (Å²) in [7, 11) is 3.40. The van der Waals surface area contributed by atoms with Crippen LogP contribution in [0.25, 0.3) is 11.3 Å². The van der Waals surface area contributed by atoms with Crippen LogP contribution in [0.3, 0.4) is 0 Å². The molecule has 0 saturated heterocycles. The van der Waals surface area contributed by atoms with E-state index in [9.17, 15) is 4.79 Å². The van der Waals surface area contributed by atoms with Gasteiger partial charge in [-0.1, -0.05) is 24.3 Å². The highest BCUT2D eigenvalue weighted by Crippen LogP contribution is 2.19. The number of nitrogens with one attached hydrogen (secondary N) is 2. The molecule has 0 saturated carbocycles. The van der Waals surface area contributed by atoms with E-state index in [1.807, 2.05) is 12.1 Å². The summed E-state index contributed by atoms with van der Waals surface area (Å²) < 4.78 is 5.43. The van der Waals surface area contributed by atoms with Gasteiger partial charge in [-0.2, -0.15) is 0 Å². The van der Waals surface area contributed by atoms with Gasteiger partial charge in [0.2, 0.25) is 11.8 Å². The Morgan fingerprint density at radius 1 is 1.00 bits per heavy atom. The van der Waals surface area contributed by atoms with Crippen LogP contribution in [0.4, 0.5) is 0 Å². The minimum atomic E-state index is -0.265. The van der Waals surface area contributed by atoms with Crippen molar-refractivity contribution in [3.05, 3.63) is 82.8 Å². The predicted octanol–water partition coefficient (Wildman–Crippen LogP) is 2.98. The lowest BCUT2D eigenvalue weighted by atomic mass is 10.1. The average Bonchev–Trinajstić information content (AvgIpc) is 2.78. The van der Waals surface area contributed by atoms with Crippen molar-refractivity contribution in [3.63, 3.8) is 0 Å². The van der Waals surface area contributed by atoms with Crippen molar-refractivity contribution in [2.45, 2.75) is 13.5 Å². The third-order valence-electron chi connectivity index (χ3n) is 4.66. The zero-order valence-electron chi connectivity index (χ0n) is 17.6. The fourth-order valence-electron chi connectivity index (χ4n) is 2.85. The number of nitrogens with zero attached hydrogens (tertiary/aromatic N) is 3. The summed E-state index contributed by atoms with van der Waals surface area (Å²) in [4.78, 5) is 22.4. The van der Waals surface area contributed by atoms with E-state index in [4.69, 9.17) is 21.3 Å². The summed E-state index contributed by atoms with van der Waals surface area (Å²) in [5.74, 6) is -0.513. The molecule has 8 nitrogen and oxygen atoms in total. The number of ether oxygens (including phenoxy) is 1. The molecule has 0 spiro atoms. The van der Waals surface area contributed by atoms with Crippen molar-refractivity contribution in [2.75, 3.05) is 14.1 Å². The molecule has 0 aliphatic rings. The smallest absolute Gasteiger partial charge is 0.253 e. The van der Waals surface area contributed by atoms with E-state index in [1.165, 1.54) is 4.90 Å². The highest BCUT2D eigenvalue weighted by atomic mass is 16.5. The molecule has 4 N–H and O–H groups in total. The molecule has 0 bridgehead atoms. The molecule has 0 unspecified atom stereocenters. The van der Waals surface area contributed by atoms with Crippen LogP contribution in [0.5, 0.6) is 0 Å². The van der Waals surface area contributed by atoms with Gasteiger partial charge in [0.05, 0.1) is 17.6 Å². The number of aryl methyl sites for hydroxylation is 1. The third-order valence-corrected chi connectivity index (χ3v) is 4.66. The summed E-state index contributed by atoms with van der Waals surface area (Å²) in [6.45, 7) is 2.14. The second-order valence-electron chi connectivity index (χ2n) is 7.13. The Kier molecular flexibility index (Phi) is 6.52. The van der Waals surface area contributed by atoms with Gasteiger partial charge in [0.15, 0.2) is 0 Å². The Balaban J connectivity index is 1.80. The number of benzene rings is 2. The van der Waals surface area contributed by atoms with Crippen LogP contribution in [0.2, 0.25) is 0 Å². The maximum atomic E-state index is 12.1. The number of hydrogen-bond donors (Lipinski definition) is 3. The summed E-state index contributed by atoms with van der Waals surface area (Å²) in [5.41, 5.74) is 9.69. The number of hydrogen-bond acceptors (Lipinski definition) is 7. The van der Waals surface area contributed by atoms with Crippen molar-refractivity contribution in [1.29, 1.82) is 10.8 Å². The maximum Gasteiger partial charge on any atom is 0.253 e. The molecular weight excluding hydrogens is 392 g/mol. The Labute approximate surface area is 180 Å². The van der Waals surface area contributed by atoms with Gasteiger partial charge < -0.3 is 15.4 Å². The predicted molar refractivity (Wildman–Crippen MR) is 119 cm³/mol. The minimum absolute atomic E-state index is 0.0876. The maximum absolute atomic E-state index is 12.1. The summed E-state index contributed by atoms with van der Waals surface area (Å²) >= 11 is 0. The molecule has 0 radical (unpaired) electrons. The summed E-state index contributed by atoms with van der Waals surface area (Å²) in [5, 5.41) is 16.4. The number of amides is 1. The summed E-state index contributed by atoms with van der Waals surface area (Å²) in [6, 6.07) is 14.1. The normalized spacial score (nSPS) is 10.5. The largest absolute Gasteiger partial charge is 0.419 e. The Bertz CT molecular complexity index is 1120. The molecule has 158 valence electrons. The lowest BCUT2D eigenvalue weighted by Gasteiger charge is -2.12. The highest BCUT2D eigenvalue weighted by molar-refractivity contribution is 6.04. The summed E-state index contributed by atoms with van der Waals surface area (Å²) in [6.07, 6.45) is 1.60. The molecule has 8 heteroatoms. The number of carbonyl (C=O) groups is 1. The number of aromatic nitrogens is 2. The van der Waals surface area contributed by atoms with Crippen molar-refractivity contribution >= 4 is 17.7 Å². The van der Waals surface area contributed by atoms with Crippen LogP contribution in [0.1, 0.15) is 32.9 Å². The van der Waals surface area contributed by atoms with Crippen LogP contribution in [0, 0.1) is 17.7 Å². The van der Waals surface area contributed by atoms with Crippen molar-refractivity contribution in [1.82, 2.24) is 14.9 Å². The molecule has 0 aliphatic heterocycles. The first-order chi connectivity index (χ1) is 14.8. The van der Waals surface area contributed by atoms with Crippen LogP contribution < -0.4 is 5.73 Å². The van der Waals surface area contributed by atoms with Gasteiger partial charge >= 0.3 is 0 Å². The zero-order valence-corrected chi connectivity index (χ0v) is 17.6. The molecular formula is C23H24N6O2. The van der Waals surface area contributed by atoms with E-state index in [0.29, 0.717) is 29.1 Å². The van der Waals surface area contributed by atoms with E-state index in [0.717, 1.165) is 11.1 Å². The van der Waals surface area contributed by atoms with Gasteiger partial charge in [0, 0.05) is 37.3 Å². The lowest BCUT2D eigenvalue weighted by Crippen LogP contribution is -2.21. The first-order valence-corrected chi connectivity index (χ1v) is 9.60. The standard InChI is InChI=1S/C23H24N6O2/c1-14-20(22(26)31-21(25)17-6-4-15(12-24)5-7-17)28-19(13-27-14)16-8-10-18(11-9-16)23(30)29(2)3/h4-11,13,25-26H,12,24H2,1-3H3. The topological polar surface area (TPSA) is 129 Å². The number of carbonyl (C=O) groups excluding carboxylic acids is 1. The second kappa shape index (κ2) is 9.27. The minimum Gasteiger partial charge on any atom is -0.419 e. The SMILES string of the molecule is Cc1ncc(-c2ccc(C(=O)N(C)C)cc2)nc1C(=N)OC(=N)c1ccc(CN)cc1. The van der Waals surface area contributed by atoms with Crippen molar-refractivity contribution < 1.29 is 9.53 Å². The first-order valence-electron chi connectivity index (χ1n) is 9.60. The molecule has 1 amide bonds. The average molecular weight is 416 g/mol. The fraction of sp³-hybridized carbons (Fsp3) is 0.174. The van der Waals surface area contributed by atoms with Crippen molar-refractivity contribution in [2.24, 2.45) is 5.73 Å². The lowest BCUT2D eigenvalue weighted by molar-refractivity contribution is 0.0827. The van der Waals surface area contributed by atoms with Crippen LogP contribution in [-0.4, -0.2) is 46.7 Å². The molecule has 1 heterocycles. The molecule has 31 heavy (non-hydrogen) atoms. The van der Waals surface area contributed by atoms with Crippen molar-refractivity contribution in [3.8, 4) is 11.3 Å². The van der Waals surface area contributed by atoms with Crippen LogP contribution >= 0.6 is 0 Å². The highest BCUT2D eigenvalue weighted by Gasteiger charge is 2.16. The molecule has 0 atom stereocenters. The first kappa shape index (κ1) is 21.8. The Morgan fingerprint density at radius 3 is 2.19 bits per heavy atom. The molecule has 0 aliphatic carbocycles. The van der Waals surface area contributed by atoms with Gasteiger partial charge in [-0.25, -0.2) is 4.98 Å². The van der Waals surface area contributed by atoms with E-state index in [2.05, 4.69) is 9.97 Å². The quantitative estimate of drug-likeness (QED) is 0.435. The van der Waals surface area contributed by atoms with E-state index < -0.39 is 0 Å². The number of rotatable bonds is 5. The van der Waals surface area contributed by atoms with Gasteiger partial charge in [0.25, 0.3) is 5.91 Å². The van der Waals surface area contributed by atoms with Gasteiger partial charge in [0.1, 0.15) is 5.69 Å². The van der Waals surface area contributed by atoms with Gasteiger partial charge in [-0.3, -0.25) is 20.6 Å². The fourth-order valence-corrected chi connectivity index (χ4v) is 2.85. The van der Waals surface area contributed by atoms with E-state index in [-0.39, 0.29) is 23.4 Å². The Morgan fingerprint density at radius 2 is 1.61 bits per heavy atom. The molecule has 1 aromatic heterocycles. The second-order valence-corrected chi connectivity index (χ2v) is 7.13. The van der Waals surface area contributed by atoms with E-state index >= 15 is 0 Å². The molecule has 0 fully saturated rings. The van der Waals surface area contributed by atoms with Gasteiger partial charge in [-0.05, 0) is 36.8 Å². The van der Waals surface area contributed by atoms with Crippen LogP contribution in [0.15, 0.2) is 54.7 Å². The molecule has 3 rings (SSSR count). The number of nitrogens with two attached hydrogens (primary N) is 1.